The van der Waals surface area contributed by atoms with Crippen molar-refractivity contribution >= 4 is 45.9 Å². The standard InChI is InChI=1S/C20H19BO3P.C7H12BrN3/c22-25(20-14-8-3-9-15-20)16-23-21(24-17-25,18-10-4-1-5-11-18)19-12-6-2-7-13-19;8-7-1-9-4-10(2-7)6-11(3-7)5-9/h1-15H,16-17H2;1-6H2/q-1;/p+1. The number of nitrogens with zero attached hydrogens (tertiary/aromatic N) is 2. The van der Waals surface area contributed by atoms with Crippen LogP contribution >= 0.6 is 23.1 Å². The average Bonchev–Trinajstić information content (AvgIpc) is 2.90. The number of alkyl halides is 1. The number of nitrogens with one attached hydrogen (secondary N) is 1. The highest BCUT2D eigenvalue weighted by atomic mass is 79.9. The van der Waals surface area contributed by atoms with Crippen molar-refractivity contribution in [2.75, 3.05) is 52.3 Å². The summed E-state index contributed by atoms with van der Waals surface area (Å²) in [6, 6.07) is 29.3. The van der Waals surface area contributed by atoms with Crippen LogP contribution in [0.2, 0.25) is 0 Å². The van der Waals surface area contributed by atoms with E-state index in [-0.39, 0.29) is 12.7 Å². The van der Waals surface area contributed by atoms with Crippen LogP contribution in [-0.2, 0) is 13.9 Å². The number of halogens is 1. The van der Waals surface area contributed by atoms with E-state index in [0.29, 0.717) is 4.32 Å². The Bertz CT molecular complexity index is 1150. The summed E-state index contributed by atoms with van der Waals surface area (Å²) in [5.74, 6) is 0. The highest BCUT2D eigenvalue weighted by Crippen LogP contribution is 2.48. The minimum atomic E-state index is -2.72. The monoisotopic (exact) mass is 567 g/mol. The number of hydrogen-bond donors (Lipinski definition) is 1. The van der Waals surface area contributed by atoms with E-state index in [1.807, 2.05) is 91.0 Å². The van der Waals surface area contributed by atoms with Crippen molar-refractivity contribution in [1.29, 1.82) is 0 Å². The fraction of sp³-hybridized carbons (Fsp3) is 0.333. The molecular formula is C27H32BBrN3O3P. The van der Waals surface area contributed by atoms with Gasteiger partial charge >= 0.3 is 0 Å². The number of benzene rings is 3. The second kappa shape index (κ2) is 9.84. The highest BCUT2D eigenvalue weighted by Gasteiger charge is 2.50. The largest absolute Gasteiger partial charge is 0.555 e. The van der Waals surface area contributed by atoms with Crippen molar-refractivity contribution in [2.24, 2.45) is 0 Å². The molecule has 2 unspecified atom stereocenters. The molecule has 5 saturated heterocycles. The Morgan fingerprint density at radius 3 is 1.69 bits per heavy atom. The summed E-state index contributed by atoms with van der Waals surface area (Å²) in [5.41, 5.74) is 1.93. The first-order chi connectivity index (χ1) is 17.5. The van der Waals surface area contributed by atoms with Gasteiger partial charge < -0.3 is 18.8 Å². The molecule has 0 saturated carbocycles. The normalized spacial score (nSPS) is 31.3. The predicted molar refractivity (Wildman–Crippen MR) is 149 cm³/mol. The number of quaternary nitrogens is 1. The lowest BCUT2D eigenvalue weighted by molar-refractivity contribution is -0.944. The van der Waals surface area contributed by atoms with Crippen LogP contribution in [0.1, 0.15) is 0 Å². The second-order valence-corrected chi connectivity index (χ2v) is 15.0. The first-order valence-electron chi connectivity index (χ1n) is 12.6. The molecule has 0 aromatic heterocycles. The number of rotatable bonds is 3. The molecular weight excluding hydrogens is 536 g/mol. The van der Waals surface area contributed by atoms with Crippen molar-refractivity contribution in [2.45, 2.75) is 4.32 Å². The first kappa shape index (κ1) is 24.6. The maximum Gasteiger partial charge on any atom is 0.299 e. The summed E-state index contributed by atoms with van der Waals surface area (Å²) in [6.07, 6.45) is 0.363. The fourth-order valence-electron chi connectivity index (χ4n) is 6.18. The van der Waals surface area contributed by atoms with Crippen LogP contribution in [0.4, 0.5) is 0 Å². The zero-order valence-corrected chi connectivity index (χ0v) is 22.8. The van der Waals surface area contributed by atoms with Gasteiger partial charge in [-0.05, 0) is 0 Å². The lowest BCUT2D eigenvalue weighted by atomic mass is 9.46. The molecule has 5 aliphatic rings. The quantitative estimate of drug-likeness (QED) is 0.295. The van der Waals surface area contributed by atoms with E-state index in [1.54, 1.807) is 4.90 Å². The van der Waals surface area contributed by atoms with Crippen LogP contribution < -0.4 is 21.1 Å². The Labute approximate surface area is 221 Å². The molecule has 5 heterocycles. The van der Waals surface area contributed by atoms with Crippen LogP contribution in [0.3, 0.4) is 0 Å². The van der Waals surface area contributed by atoms with E-state index < -0.39 is 13.7 Å². The molecule has 0 spiro atoms. The zero-order valence-electron chi connectivity index (χ0n) is 20.3. The molecule has 3 aromatic carbocycles. The molecule has 1 N–H and O–H groups in total. The van der Waals surface area contributed by atoms with Gasteiger partial charge in [-0.3, -0.25) is 0 Å². The van der Waals surface area contributed by atoms with Crippen molar-refractivity contribution in [3.05, 3.63) is 91.0 Å². The molecule has 5 fully saturated rings. The third kappa shape index (κ3) is 4.77. The SMILES string of the molecule is BrC12CN3CN(C[NH+](C3)C1)C2.O=P1(c2ccccc2)CO[B-](c2ccccc2)(c2ccccc2)OC1. The lowest BCUT2D eigenvalue weighted by Gasteiger charge is -2.55. The van der Waals surface area contributed by atoms with Crippen LogP contribution in [0.5, 0.6) is 0 Å². The molecule has 6 nitrogen and oxygen atoms in total. The van der Waals surface area contributed by atoms with Crippen LogP contribution in [0.15, 0.2) is 91.0 Å². The summed E-state index contributed by atoms with van der Waals surface area (Å²) in [4.78, 5) is 6.81. The van der Waals surface area contributed by atoms with Gasteiger partial charge in [0.05, 0.1) is 25.9 Å². The van der Waals surface area contributed by atoms with E-state index >= 15 is 0 Å². The van der Waals surface area contributed by atoms with Gasteiger partial charge in [-0.25, -0.2) is 9.80 Å². The summed E-state index contributed by atoms with van der Waals surface area (Å²) >= 11 is 3.85. The van der Waals surface area contributed by atoms with E-state index in [2.05, 4.69) is 25.7 Å². The molecule has 36 heavy (non-hydrogen) atoms. The number of hydrogen-bond acceptors (Lipinski definition) is 5. The third-order valence-corrected chi connectivity index (χ3v) is 10.8. The molecule has 0 radical (unpaired) electrons. The topological polar surface area (TPSA) is 46.5 Å². The van der Waals surface area contributed by atoms with Gasteiger partial charge in [0.25, 0.3) is 6.55 Å². The van der Waals surface area contributed by atoms with Crippen molar-refractivity contribution in [1.82, 2.24) is 9.80 Å². The smallest absolute Gasteiger partial charge is 0.299 e. The minimum Gasteiger partial charge on any atom is -0.555 e. The van der Waals surface area contributed by atoms with Crippen LogP contribution in [-0.4, -0.2) is 73.0 Å². The minimum absolute atomic E-state index is 0.181. The molecule has 5 aliphatic heterocycles. The van der Waals surface area contributed by atoms with Gasteiger partial charge in [-0.15, -0.1) is 10.9 Å². The van der Waals surface area contributed by atoms with Crippen molar-refractivity contribution in [3.8, 4) is 0 Å². The van der Waals surface area contributed by atoms with Crippen molar-refractivity contribution < 1.29 is 18.8 Å². The van der Waals surface area contributed by atoms with Gasteiger partial charge in [-0.2, -0.15) is 0 Å². The molecule has 2 atom stereocenters. The molecule has 4 bridgehead atoms. The average molecular weight is 568 g/mol. The van der Waals surface area contributed by atoms with E-state index in [4.69, 9.17) is 9.31 Å². The van der Waals surface area contributed by atoms with Crippen molar-refractivity contribution in [3.63, 3.8) is 0 Å². The predicted octanol–water partition coefficient (Wildman–Crippen LogP) is 1.42. The lowest BCUT2D eigenvalue weighted by Crippen LogP contribution is -3.22. The summed E-state index contributed by atoms with van der Waals surface area (Å²) in [7, 11) is -2.72. The molecule has 0 aliphatic carbocycles. The molecule has 3 aromatic rings. The molecule has 9 heteroatoms. The molecule has 188 valence electrons. The van der Waals surface area contributed by atoms with Gasteiger partial charge in [0.2, 0.25) is 0 Å². The Kier molecular flexibility index (Phi) is 6.72. The van der Waals surface area contributed by atoms with E-state index in [0.717, 1.165) is 16.2 Å². The highest BCUT2D eigenvalue weighted by molar-refractivity contribution is 9.10. The van der Waals surface area contributed by atoms with Gasteiger partial charge in [-0.1, -0.05) is 107 Å². The first-order valence-corrected chi connectivity index (χ1v) is 15.5. The fourth-order valence-corrected chi connectivity index (χ4v) is 9.27. The summed E-state index contributed by atoms with van der Waals surface area (Å²) in [6.45, 7) is 5.74. The zero-order chi connectivity index (χ0) is 24.6. The van der Waals surface area contributed by atoms with Crippen LogP contribution in [0, 0.1) is 0 Å². The van der Waals surface area contributed by atoms with E-state index in [1.165, 1.54) is 39.6 Å². The Hall–Kier alpha value is -1.77. The van der Waals surface area contributed by atoms with E-state index in [9.17, 15) is 4.57 Å². The Balaban J connectivity index is 0.000000180. The third-order valence-electron chi connectivity index (χ3n) is 7.61. The Morgan fingerprint density at radius 2 is 1.25 bits per heavy atom. The van der Waals surface area contributed by atoms with Gasteiger partial charge in [0.15, 0.2) is 7.14 Å². The Morgan fingerprint density at radius 1 is 0.778 bits per heavy atom. The molecule has 0 amide bonds. The van der Waals surface area contributed by atoms with Gasteiger partial charge in [0.1, 0.15) is 17.7 Å². The molecule has 8 rings (SSSR count). The van der Waals surface area contributed by atoms with Gasteiger partial charge in [0, 0.05) is 18.4 Å². The van der Waals surface area contributed by atoms with Crippen LogP contribution in [0.25, 0.3) is 0 Å². The maximum absolute atomic E-state index is 13.3. The maximum atomic E-state index is 13.3. The second-order valence-electron chi connectivity index (χ2n) is 10.5. The summed E-state index contributed by atoms with van der Waals surface area (Å²) in [5, 5.41) is 0.806. The summed E-state index contributed by atoms with van der Waals surface area (Å²) < 4.78 is 26.3.